The molecule has 43 heavy (non-hydrogen) atoms. The lowest BCUT2D eigenvalue weighted by Gasteiger charge is -2.47. The Bertz CT molecular complexity index is 1820. The number of nitrogens with two attached hydrogens (primary N) is 1. The van der Waals surface area contributed by atoms with Crippen LogP contribution in [0.5, 0.6) is 0 Å². The number of primary amides is 1. The molecule has 3 aliphatic heterocycles. The van der Waals surface area contributed by atoms with E-state index in [0.29, 0.717) is 5.39 Å². The molecule has 0 bridgehead atoms. The zero-order valence-corrected chi connectivity index (χ0v) is 24.6. The quantitative estimate of drug-likeness (QED) is 0.366. The fraction of sp³-hybridized carbons (Fsp3) is 0.406. The van der Waals surface area contributed by atoms with Gasteiger partial charge in [0.25, 0.3) is 5.91 Å². The predicted molar refractivity (Wildman–Crippen MR) is 161 cm³/mol. The van der Waals surface area contributed by atoms with Crippen LogP contribution in [0.4, 0.5) is 0 Å². The summed E-state index contributed by atoms with van der Waals surface area (Å²) in [6.07, 6.45) is 5.95. The second-order valence-corrected chi connectivity index (χ2v) is 14.2. The first-order chi connectivity index (χ1) is 20.5. The number of nitrogens with one attached hydrogen (secondary N) is 1. The van der Waals surface area contributed by atoms with Crippen molar-refractivity contribution in [2.24, 2.45) is 5.73 Å². The van der Waals surface area contributed by atoms with Gasteiger partial charge in [0.1, 0.15) is 11.6 Å². The normalized spacial score (nSPS) is 27.3. The summed E-state index contributed by atoms with van der Waals surface area (Å²) in [6, 6.07) is 10.7. The monoisotopic (exact) mass is 600 g/mol. The number of rotatable bonds is 6. The minimum atomic E-state index is -1.81. The standard InChI is InChI=1S/C32H32N4O6S/c1-31(2)32(30(41)42,36-23(37)14-24(36)43-31)21-12-5-3-9-18(21)25(28(33)39)34-29(40)20-15-35-22-13-6-4-8-16(22)17-10-7-11-19(26(17)35)27(20)38/h3,5,7,9-12,15-16,22,24-25H,4,6,8,13-14H2,1-2H3,(H2,33,39)(H,34,40)(H,41,42). The van der Waals surface area contributed by atoms with Gasteiger partial charge in [-0.05, 0) is 49.4 Å². The molecule has 1 aromatic heterocycles. The Morgan fingerprint density at radius 1 is 1.07 bits per heavy atom. The number of carbonyl (C=O) groups is 4. The Morgan fingerprint density at radius 3 is 2.53 bits per heavy atom. The Labute approximate surface area is 251 Å². The molecule has 3 aromatic rings. The summed E-state index contributed by atoms with van der Waals surface area (Å²) in [5.74, 6) is -2.95. The number of β-lactam (4-membered cyclic amide) rings is 1. The Morgan fingerprint density at radius 2 is 1.81 bits per heavy atom. The van der Waals surface area contributed by atoms with Crippen LogP contribution in [0.15, 0.2) is 53.5 Å². The van der Waals surface area contributed by atoms with Gasteiger partial charge in [-0.15, -0.1) is 11.8 Å². The maximum atomic E-state index is 13.9. The highest BCUT2D eigenvalue weighted by molar-refractivity contribution is 8.01. The molecule has 2 saturated heterocycles. The first-order valence-corrected chi connectivity index (χ1v) is 15.5. The highest BCUT2D eigenvalue weighted by Crippen LogP contribution is 2.62. The van der Waals surface area contributed by atoms with Gasteiger partial charge in [-0.25, -0.2) is 4.79 Å². The number of thioether (sulfide) groups is 1. The van der Waals surface area contributed by atoms with Crippen LogP contribution in [0.1, 0.15) is 91.0 Å². The number of nitrogens with zero attached hydrogens (tertiary/aromatic N) is 2. The van der Waals surface area contributed by atoms with Crippen molar-refractivity contribution < 1.29 is 24.3 Å². The van der Waals surface area contributed by atoms with Gasteiger partial charge in [-0.1, -0.05) is 49.2 Å². The van der Waals surface area contributed by atoms with Crippen molar-refractivity contribution in [2.75, 3.05) is 0 Å². The Kier molecular flexibility index (Phi) is 6.08. The van der Waals surface area contributed by atoms with Gasteiger partial charge in [0.05, 0.1) is 22.1 Å². The lowest BCUT2D eigenvalue weighted by Crippen LogP contribution is -2.65. The van der Waals surface area contributed by atoms with Crippen molar-refractivity contribution in [3.05, 3.63) is 81.1 Å². The van der Waals surface area contributed by atoms with E-state index < -0.39 is 39.5 Å². The zero-order valence-electron chi connectivity index (χ0n) is 23.8. The average Bonchev–Trinajstić information content (AvgIpc) is 3.39. The van der Waals surface area contributed by atoms with Crippen molar-refractivity contribution >= 4 is 46.4 Å². The van der Waals surface area contributed by atoms with Crippen LogP contribution in [0.2, 0.25) is 0 Å². The van der Waals surface area contributed by atoms with Crippen molar-refractivity contribution in [2.45, 2.75) is 79.6 Å². The summed E-state index contributed by atoms with van der Waals surface area (Å²) in [5.41, 5.74) is 5.85. The molecule has 10 nitrogen and oxygen atoms in total. The van der Waals surface area contributed by atoms with Crippen LogP contribution in [-0.2, 0) is 19.9 Å². The summed E-state index contributed by atoms with van der Waals surface area (Å²) < 4.78 is 1.07. The Hall–Kier alpha value is -4.12. The molecule has 1 saturated carbocycles. The summed E-state index contributed by atoms with van der Waals surface area (Å²) in [5, 5.41) is 13.5. The molecule has 11 heteroatoms. The summed E-state index contributed by atoms with van der Waals surface area (Å²) >= 11 is 1.39. The third-order valence-electron chi connectivity index (χ3n) is 9.91. The third kappa shape index (κ3) is 3.63. The first-order valence-electron chi connectivity index (χ1n) is 14.6. The molecular formula is C32H32N4O6S. The fourth-order valence-electron chi connectivity index (χ4n) is 8.09. The number of fused-ring (bicyclic) bond motifs is 4. The van der Waals surface area contributed by atoms with Gasteiger partial charge in [0.2, 0.25) is 17.2 Å². The lowest BCUT2D eigenvalue weighted by atomic mass is 9.73. The SMILES string of the molecule is CC1(C)SC2CC(=O)N2C1(C(=O)O)c1ccccc1C(NC(=O)c1cn2c3c(cccc3c1=O)C1CCCCC12)C(N)=O. The molecule has 5 atom stereocenters. The highest BCUT2D eigenvalue weighted by Gasteiger charge is 2.70. The average molecular weight is 601 g/mol. The molecular weight excluding hydrogens is 568 g/mol. The molecule has 2 aromatic carbocycles. The van der Waals surface area contributed by atoms with Gasteiger partial charge < -0.3 is 25.6 Å². The van der Waals surface area contributed by atoms with Crippen LogP contribution in [0.3, 0.4) is 0 Å². The van der Waals surface area contributed by atoms with E-state index in [0.717, 1.165) is 36.8 Å². The molecule has 7 rings (SSSR count). The molecule has 3 fully saturated rings. The maximum absolute atomic E-state index is 13.9. The van der Waals surface area contributed by atoms with E-state index in [1.54, 1.807) is 50.4 Å². The second kappa shape index (κ2) is 9.44. The number of carboxylic acids is 1. The maximum Gasteiger partial charge on any atom is 0.335 e. The van der Waals surface area contributed by atoms with Crippen molar-refractivity contribution in [3.8, 4) is 0 Å². The van der Waals surface area contributed by atoms with E-state index >= 15 is 0 Å². The number of carbonyl (C=O) groups excluding carboxylic acids is 3. The first kappa shape index (κ1) is 27.7. The van der Waals surface area contributed by atoms with Gasteiger partial charge >= 0.3 is 5.97 Å². The van der Waals surface area contributed by atoms with Crippen LogP contribution < -0.4 is 16.5 Å². The molecule has 0 spiro atoms. The number of aliphatic carboxylic acids is 1. The topological polar surface area (TPSA) is 152 Å². The summed E-state index contributed by atoms with van der Waals surface area (Å²) in [6.45, 7) is 3.52. The second-order valence-electron chi connectivity index (χ2n) is 12.4. The van der Waals surface area contributed by atoms with Crippen molar-refractivity contribution in [3.63, 3.8) is 0 Å². The molecule has 1 aliphatic carbocycles. The number of carboxylic acid groups (broad SMARTS) is 1. The minimum Gasteiger partial charge on any atom is -0.479 e. The number of aromatic nitrogens is 1. The van der Waals surface area contributed by atoms with E-state index in [9.17, 15) is 29.1 Å². The predicted octanol–water partition coefficient (Wildman–Crippen LogP) is 3.53. The van der Waals surface area contributed by atoms with Crippen molar-refractivity contribution in [1.29, 1.82) is 0 Å². The Balaban J connectivity index is 1.33. The summed E-state index contributed by atoms with van der Waals surface area (Å²) in [7, 11) is 0. The molecule has 4 heterocycles. The van der Waals surface area contributed by atoms with Gasteiger partial charge in [-0.3, -0.25) is 19.2 Å². The molecule has 4 N–H and O–H groups in total. The fourth-order valence-corrected chi connectivity index (χ4v) is 9.84. The van der Waals surface area contributed by atoms with Gasteiger partial charge in [0, 0.05) is 23.5 Å². The van der Waals surface area contributed by atoms with E-state index in [4.69, 9.17) is 5.73 Å². The lowest BCUT2D eigenvalue weighted by molar-refractivity contribution is -0.169. The molecule has 3 amide bonds. The largest absolute Gasteiger partial charge is 0.479 e. The van der Waals surface area contributed by atoms with E-state index in [-0.39, 0.29) is 46.4 Å². The molecule has 5 unspecified atom stereocenters. The molecule has 0 radical (unpaired) electrons. The van der Waals surface area contributed by atoms with E-state index in [2.05, 4.69) is 11.4 Å². The molecule has 4 aliphatic rings. The number of hydrogen-bond acceptors (Lipinski definition) is 6. The number of para-hydroxylation sites is 1. The van der Waals surface area contributed by atoms with Crippen molar-refractivity contribution in [1.82, 2.24) is 14.8 Å². The smallest absolute Gasteiger partial charge is 0.335 e. The number of hydrogen-bond donors (Lipinski definition) is 3. The van der Waals surface area contributed by atoms with E-state index in [1.807, 2.05) is 10.6 Å². The zero-order chi connectivity index (χ0) is 30.4. The van der Waals surface area contributed by atoms with Crippen LogP contribution in [0, 0.1) is 0 Å². The number of benzene rings is 2. The van der Waals surface area contributed by atoms with Crippen LogP contribution in [-0.4, -0.2) is 48.4 Å². The molecule has 222 valence electrons. The van der Waals surface area contributed by atoms with E-state index in [1.165, 1.54) is 16.7 Å². The van der Waals surface area contributed by atoms with Gasteiger partial charge in [0.15, 0.2) is 5.54 Å². The van der Waals surface area contributed by atoms with Crippen LogP contribution in [0.25, 0.3) is 10.9 Å². The highest BCUT2D eigenvalue weighted by atomic mass is 32.2. The third-order valence-corrected chi connectivity index (χ3v) is 11.4. The summed E-state index contributed by atoms with van der Waals surface area (Å²) in [4.78, 5) is 68.0. The van der Waals surface area contributed by atoms with Crippen LogP contribution >= 0.6 is 11.8 Å². The minimum absolute atomic E-state index is 0.109. The van der Waals surface area contributed by atoms with Gasteiger partial charge in [-0.2, -0.15) is 0 Å². The number of pyridine rings is 1. The number of amides is 3.